The Morgan fingerprint density at radius 3 is 2.19 bits per heavy atom. The zero-order valence-electron chi connectivity index (χ0n) is 18.3. The van der Waals surface area contributed by atoms with E-state index in [9.17, 15) is 24.0 Å². The highest BCUT2D eigenvalue weighted by Crippen LogP contribution is 2.29. The molecule has 0 saturated carbocycles. The van der Waals surface area contributed by atoms with Gasteiger partial charge < -0.3 is 4.74 Å². The van der Waals surface area contributed by atoms with Gasteiger partial charge >= 0.3 is 5.97 Å². The third kappa shape index (κ3) is 3.81. The summed E-state index contributed by atoms with van der Waals surface area (Å²) in [6.45, 7) is 4.95. The van der Waals surface area contributed by atoms with Crippen LogP contribution in [0.5, 0.6) is 0 Å². The van der Waals surface area contributed by atoms with Crippen LogP contribution < -0.4 is 0 Å². The van der Waals surface area contributed by atoms with Gasteiger partial charge in [-0.1, -0.05) is 26.0 Å². The third-order valence-corrected chi connectivity index (χ3v) is 6.36. The number of nitrogens with zero attached hydrogens (tertiary/aromatic N) is 3. The van der Waals surface area contributed by atoms with Gasteiger partial charge in [0.25, 0.3) is 17.7 Å². The second kappa shape index (κ2) is 8.82. The number of ether oxygens (including phenoxy) is 1. The zero-order chi connectivity index (χ0) is 23.0. The molecular weight excluding hydrogens is 414 g/mol. The second-order valence-corrected chi connectivity index (χ2v) is 8.76. The number of imide groups is 2. The molecule has 2 saturated heterocycles. The highest BCUT2D eigenvalue weighted by atomic mass is 16.5. The van der Waals surface area contributed by atoms with E-state index in [0.717, 1.165) is 35.7 Å². The van der Waals surface area contributed by atoms with Gasteiger partial charge in [-0.2, -0.15) is 0 Å². The van der Waals surface area contributed by atoms with Crippen molar-refractivity contribution in [1.29, 1.82) is 0 Å². The molecule has 0 aliphatic carbocycles. The topological polar surface area (TPSA) is 104 Å². The van der Waals surface area contributed by atoms with E-state index in [0.29, 0.717) is 0 Å². The summed E-state index contributed by atoms with van der Waals surface area (Å²) < 4.78 is 5.40. The monoisotopic (exact) mass is 441 g/mol. The highest BCUT2D eigenvalue weighted by molar-refractivity contribution is 6.23. The smallest absolute Gasteiger partial charge is 0.325 e. The van der Waals surface area contributed by atoms with E-state index in [-0.39, 0.29) is 29.9 Å². The number of benzene rings is 1. The summed E-state index contributed by atoms with van der Waals surface area (Å²) >= 11 is 0. The molecule has 4 amide bonds. The lowest BCUT2D eigenvalue weighted by atomic mass is 10.0. The van der Waals surface area contributed by atoms with E-state index in [1.165, 1.54) is 12.1 Å². The Morgan fingerprint density at radius 1 is 1.03 bits per heavy atom. The van der Waals surface area contributed by atoms with Crippen LogP contribution in [0.15, 0.2) is 24.3 Å². The number of esters is 1. The minimum atomic E-state index is -1.10. The Bertz CT molecular complexity index is 933. The standard InChI is InChI=1S/C23H27N3O6/c1-14(2)19(24-11-5-6-12-24)23(31)32-13-25-18(27)10-9-17(22(25)30)26-20(28)15-7-3-4-8-16(15)21(26)29/h3-4,7-8,14,17,19H,5-6,9-13H2,1-2H3/t17?,19-/m0/s1. The van der Waals surface area contributed by atoms with Crippen molar-refractivity contribution >= 4 is 29.6 Å². The van der Waals surface area contributed by atoms with Crippen molar-refractivity contribution in [2.45, 2.75) is 51.6 Å². The minimum Gasteiger partial charge on any atom is -0.443 e. The molecule has 0 N–H and O–H groups in total. The minimum absolute atomic E-state index is 0.0134. The van der Waals surface area contributed by atoms with Crippen molar-refractivity contribution in [3.05, 3.63) is 35.4 Å². The Morgan fingerprint density at radius 2 is 1.62 bits per heavy atom. The quantitative estimate of drug-likeness (QED) is 0.486. The molecule has 3 aliphatic heterocycles. The molecule has 1 aromatic rings. The summed E-state index contributed by atoms with van der Waals surface area (Å²) in [5.41, 5.74) is 0.483. The average molecular weight is 441 g/mol. The fourth-order valence-electron chi connectivity index (χ4n) is 4.76. The van der Waals surface area contributed by atoms with Gasteiger partial charge in [0.1, 0.15) is 12.1 Å². The van der Waals surface area contributed by atoms with Crippen molar-refractivity contribution in [2.75, 3.05) is 19.8 Å². The van der Waals surface area contributed by atoms with Crippen LogP contribution in [-0.2, 0) is 19.1 Å². The molecule has 3 heterocycles. The van der Waals surface area contributed by atoms with Crippen molar-refractivity contribution < 1.29 is 28.7 Å². The number of amides is 4. The van der Waals surface area contributed by atoms with Crippen LogP contribution in [0.4, 0.5) is 0 Å². The maximum Gasteiger partial charge on any atom is 0.325 e. The van der Waals surface area contributed by atoms with E-state index in [4.69, 9.17) is 4.74 Å². The van der Waals surface area contributed by atoms with Crippen molar-refractivity contribution in [3.63, 3.8) is 0 Å². The molecule has 2 fully saturated rings. The third-order valence-electron chi connectivity index (χ3n) is 6.36. The van der Waals surface area contributed by atoms with Gasteiger partial charge in [0, 0.05) is 6.42 Å². The summed E-state index contributed by atoms with van der Waals surface area (Å²) in [5, 5.41) is 0. The predicted octanol–water partition coefficient (Wildman–Crippen LogP) is 1.42. The number of hydrogen-bond acceptors (Lipinski definition) is 7. The molecule has 0 radical (unpaired) electrons. The number of rotatable bonds is 6. The van der Waals surface area contributed by atoms with Crippen molar-refractivity contribution in [2.24, 2.45) is 5.92 Å². The Balaban J connectivity index is 1.46. The molecule has 0 spiro atoms. The maximum atomic E-state index is 13.1. The second-order valence-electron chi connectivity index (χ2n) is 8.76. The van der Waals surface area contributed by atoms with Crippen LogP contribution >= 0.6 is 0 Å². The number of hydrogen-bond donors (Lipinski definition) is 0. The van der Waals surface area contributed by atoms with Crippen LogP contribution in [0.25, 0.3) is 0 Å². The number of piperidine rings is 1. The van der Waals surface area contributed by atoms with Crippen molar-refractivity contribution in [3.8, 4) is 0 Å². The molecule has 4 rings (SSSR count). The fraction of sp³-hybridized carbons (Fsp3) is 0.522. The molecule has 1 aromatic carbocycles. The molecule has 9 heteroatoms. The molecule has 170 valence electrons. The van der Waals surface area contributed by atoms with E-state index < -0.39 is 48.4 Å². The first-order valence-corrected chi connectivity index (χ1v) is 11.0. The maximum absolute atomic E-state index is 13.1. The Kier molecular flexibility index (Phi) is 6.10. The van der Waals surface area contributed by atoms with Crippen LogP contribution in [-0.4, -0.2) is 76.2 Å². The summed E-state index contributed by atoms with van der Waals surface area (Å²) in [4.78, 5) is 67.7. The number of fused-ring (bicyclic) bond motifs is 1. The summed E-state index contributed by atoms with van der Waals surface area (Å²) in [6, 6.07) is 4.84. The van der Waals surface area contributed by atoms with Gasteiger partial charge in [0.05, 0.1) is 11.1 Å². The lowest BCUT2D eigenvalue weighted by Gasteiger charge is -2.35. The van der Waals surface area contributed by atoms with E-state index in [1.807, 2.05) is 13.8 Å². The lowest BCUT2D eigenvalue weighted by Crippen LogP contribution is -2.57. The molecule has 32 heavy (non-hydrogen) atoms. The SMILES string of the molecule is CC(C)[C@@H](C(=O)OCN1C(=O)CCC(N2C(=O)c3ccccc3C2=O)C1=O)N1CCCC1. The molecule has 0 aromatic heterocycles. The molecular formula is C23H27N3O6. The van der Waals surface area contributed by atoms with Crippen LogP contribution in [0.2, 0.25) is 0 Å². The Labute approximate surface area is 186 Å². The average Bonchev–Trinajstić information content (AvgIpc) is 3.36. The molecule has 2 atom stereocenters. The summed E-state index contributed by atoms with van der Waals surface area (Å²) in [7, 11) is 0. The van der Waals surface area contributed by atoms with Crippen LogP contribution in [0, 0.1) is 5.92 Å². The van der Waals surface area contributed by atoms with Crippen LogP contribution in [0.3, 0.4) is 0 Å². The Hall–Kier alpha value is -3.07. The van der Waals surface area contributed by atoms with Gasteiger partial charge in [-0.3, -0.25) is 33.8 Å². The summed E-state index contributed by atoms with van der Waals surface area (Å²) in [5.74, 6) is -2.76. The largest absolute Gasteiger partial charge is 0.443 e. The first-order chi connectivity index (χ1) is 15.3. The first-order valence-electron chi connectivity index (χ1n) is 11.0. The normalized spacial score (nSPS) is 22.7. The van der Waals surface area contributed by atoms with Gasteiger partial charge in [-0.15, -0.1) is 0 Å². The number of carbonyl (C=O) groups is 5. The number of carbonyl (C=O) groups excluding carboxylic acids is 5. The molecule has 3 aliphatic rings. The zero-order valence-corrected chi connectivity index (χ0v) is 18.3. The van der Waals surface area contributed by atoms with Gasteiger partial charge in [0.2, 0.25) is 5.91 Å². The molecule has 0 bridgehead atoms. The van der Waals surface area contributed by atoms with Crippen LogP contribution in [0.1, 0.15) is 60.2 Å². The van der Waals surface area contributed by atoms with Gasteiger partial charge in [-0.25, -0.2) is 4.90 Å². The summed E-state index contributed by atoms with van der Waals surface area (Å²) in [6.07, 6.45) is 2.06. The highest BCUT2D eigenvalue weighted by Gasteiger charge is 2.47. The lowest BCUT2D eigenvalue weighted by molar-refractivity contribution is -0.167. The van der Waals surface area contributed by atoms with E-state index >= 15 is 0 Å². The van der Waals surface area contributed by atoms with E-state index in [2.05, 4.69) is 4.90 Å². The van der Waals surface area contributed by atoms with Gasteiger partial charge in [-0.05, 0) is 50.4 Å². The molecule has 1 unspecified atom stereocenters. The molecule has 9 nitrogen and oxygen atoms in total. The number of likely N-dealkylation sites (tertiary alicyclic amines) is 2. The fourth-order valence-corrected chi connectivity index (χ4v) is 4.76. The predicted molar refractivity (Wildman–Crippen MR) is 112 cm³/mol. The van der Waals surface area contributed by atoms with E-state index in [1.54, 1.807) is 12.1 Å². The van der Waals surface area contributed by atoms with Gasteiger partial charge in [0.15, 0.2) is 6.73 Å². The first kappa shape index (κ1) is 22.1. The van der Waals surface area contributed by atoms with Crippen molar-refractivity contribution in [1.82, 2.24) is 14.7 Å².